The number of H-pyrrole nitrogens is 1. The molecule has 2 aromatic heterocycles. The third kappa shape index (κ3) is 3.65. The minimum Gasteiger partial charge on any atom is -0.479 e. The molecular formula is C18H23N3O4S. The zero-order chi connectivity index (χ0) is 18.7. The summed E-state index contributed by atoms with van der Waals surface area (Å²) in [4.78, 5) is 33.0. The van der Waals surface area contributed by atoms with Crippen molar-refractivity contribution in [3.63, 3.8) is 0 Å². The molecule has 1 aliphatic rings. The number of aliphatic carboxylic acids is 1. The minimum absolute atomic E-state index is 0.193. The van der Waals surface area contributed by atoms with Gasteiger partial charge in [0.25, 0.3) is 5.91 Å². The lowest BCUT2D eigenvalue weighted by Crippen LogP contribution is -2.43. The number of aromatic nitrogens is 2. The molecule has 140 valence electrons. The second-order valence-corrected chi connectivity index (χ2v) is 7.46. The number of hydrogen-bond donors (Lipinski definition) is 2. The molecule has 3 rings (SSSR count). The Bertz CT molecular complexity index is 798. The number of carbonyl (C=O) groups is 2. The number of hydrogen-bond acceptors (Lipinski definition) is 5. The van der Waals surface area contributed by atoms with Crippen LogP contribution in [0.5, 0.6) is 0 Å². The van der Waals surface area contributed by atoms with Crippen molar-refractivity contribution in [2.45, 2.75) is 44.9 Å². The van der Waals surface area contributed by atoms with E-state index in [9.17, 15) is 14.7 Å². The van der Waals surface area contributed by atoms with E-state index in [1.807, 2.05) is 18.7 Å². The van der Waals surface area contributed by atoms with Crippen molar-refractivity contribution < 1.29 is 19.1 Å². The topological polar surface area (TPSA) is 99.4 Å². The average molecular weight is 377 g/mol. The first-order valence-corrected chi connectivity index (χ1v) is 9.91. The van der Waals surface area contributed by atoms with E-state index in [1.54, 1.807) is 6.07 Å². The first-order valence-electron chi connectivity index (χ1n) is 8.75. The van der Waals surface area contributed by atoms with Gasteiger partial charge in [-0.2, -0.15) is 11.8 Å². The fourth-order valence-electron chi connectivity index (χ4n) is 3.08. The smallest absolute Gasteiger partial charge is 0.332 e. The molecule has 2 aromatic rings. The van der Waals surface area contributed by atoms with Gasteiger partial charge >= 0.3 is 5.97 Å². The standard InChI is InChI=1S/C18H23N3O4S/c1-3-4-7-26-9-12-8-14(25-11(12)2)17(22)21-6-5-13-15(20-10-19-13)16(21)18(23)24/h8,10,16H,3-7,9H2,1-2H3,(H,19,20)(H,23,24). The molecule has 0 saturated carbocycles. The Kier molecular flexibility index (Phi) is 5.70. The van der Waals surface area contributed by atoms with Crippen LogP contribution in [0.1, 0.15) is 59.1 Å². The molecule has 26 heavy (non-hydrogen) atoms. The average Bonchev–Trinajstić information content (AvgIpc) is 3.23. The number of imidazole rings is 1. The summed E-state index contributed by atoms with van der Waals surface area (Å²) < 4.78 is 5.66. The highest BCUT2D eigenvalue weighted by Crippen LogP contribution is 2.30. The van der Waals surface area contributed by atoms with Crippen LogP contribution >= 0.6 is 11.8 Å². The summed E-state index contributed by atoms with van der Waals surface area (Å²) in [5, 5.41) is 9.61. The lowest BCUT2D eigenvalue weighted by molar-refractivity contribution is -0.143. The van der Waals surface area contributed by atoms with E-state index in [2.05, 4.69) is 16.9 Å². The highest BCUT2D eigenvalue weighted by molar-refractivity contribution is 7.98. The predicted octanol–water partition coefficient (Wildman–Crippen LogP) is 3.17. The van der Waals surface area contributed by atoms with Crippen molar-refractivity contribution in [1.82, 2.24) is 14.9 Å². The van der Waals surface area contributed by atoms with Gasteiger partial charge in [-0.25, -0.2) is 9.78 Å². The third-order valence-corrected chi connectivity index (χ3v) is 5.64. The summed E-state index contributed by atoms with van der Waals surface area (Å²) in [5.74, 6) is 1.26. The molecule has 1 amide bonds. The van der Waals surface area contributed by atoms with E-state index in [1.165, 1.54) is 11.2 Å². The highest BCUT2D eigenvalue weighted by Gasteiger charge is 2.39. The number of aryl methyl sites for hydroxylation is 1. The second-order valence-electron chi connectivity index (χ2n) is 6.35. The summed E-state index contributed by atoms with van der Waals surface area (Å²) in [5.41, 5.74) is 2.15. The van der Waals surface area contributed by atoms with Crippen molar-refractivity contribution in [2.24, 2.45) is 0 Å². The van der Waals surface area contributed by atoms with Gasteiger partial charge in [-0.3, -0.25) is 4.79 Å². The summed E-state index contributed by atoms with van der Waals surface area (Å²) >= 11 is 1.81. The molecule has 0 aliphatic carbocycles. The number of amides is 1. The maximum atomic E-state index is 12.9. The van der Waals surface area contributed by atoms with Gasteiger partial charge in [0.2, 0.25) is 0 Å². The number of thioether (sulfide) groups is 1. The van der Waals surface area contributed by atoms with Crippen LogP contribution in [-0.4, -0.2) is 44.1 Å². The number of unbranched alkanes of at least 4 members (excludes halogenated alkanes) is 1. The molecule has 1 aliphatic heterocycles. The fraction of sp³-hybridized carbons (Fsp3) is 0.500. The molecule has 0 spiro atoms. The van der Waals surface area contributed by atoms with E-state index in [-0.39, 0.29) is 5.76 Å². The Morgan fingerprint density at radius 3 is 3.04 bits per heavy atom. The van der Waals surface area contributed by atoms with Crippen molar-refractivity contribution in [2.75, 3.05) is 12.3 Å². The summed E-state index contributed by atoms with van der Waals surface area (Å²) in [6.07, 6.45) is 4.33. The number of fused-ring (bicyclic) bond motifs is 1. The fourth-order valence-corrected chi connectivity index (χ4v) is 4.23. The molecule has 0 saturated heterocycles. The van der Waals surface area contributed by atoms with Crippen molar-refractivity contribution >= 4 is 23.6 Å². The number of carboxylic acid groups (broad SMARTS) is 1. The minimum atomic E-state index is -1.09. The van der Waals surface area contributed by atoms with Gasteiger partial charge in [-0.1, -0.05) is 13.3 Å². The largest absolute Gasteiger partial charge is 0.479 e. The van der Waals surface area contributed by atoms with Gasteiger partial charge < -0.3 is 19.4 Å². The number of carboxylic acids is 1. The number of furan rings is 1. The van der Waals surface area contributed by atoms with Crippen LogP contribution in [0.25, 0.3) is 0 Å². The first-order chi connectivity index (χ1) is 12.5. The zero-order valence-electron chi connectivity index (χ0n) is 14.9. The van der Waals surface area contributed by atoms with Crippen LogP contribution in [0.3, 0.4) is 0 Å². The molecule has 3 heterocycles. The summed E-state index contributed by atoms with van der Waals surface area (Å²) in [7, 11) is 0. The molecule has 0 aromatic carbocycles. The number of aromatic amines is 1. The van der Waals surface area contributed by atoms with E-state index < -0.39 is 17.9 Å². The van der Waals surface area contributed by atoms with Crippen molar-refractivity contribution in [3.05, 3.63) is 40.9 Å². The Balaban J connectivity index is 1.77. The van der Waals surface area contributed by atoms with Gasteiger partial charge in [0.15, 0.2) is 11.8 Å². The quantitative estimate of drug-likeness (QED) is 0.719. The second kappa shape index (κ2) is 7.99. The van der Waals surface area contributed by atoms with Crippen LogP contribution in [0.2, 0.25) is 0 Å². The molecule has 0 fully saturated rings. The molecule has 8 heteroatoms. The Morgan fingerprint density at radius 1 is 1.50 bits per heavy atom. The maximum absolute atomic E-state index is 12.9. The molecular weight excluding hydrogens is 354 g/mol. The van der Waals surface area contributed by atoms with Crippen molar-refractivity contribution in [1.29, 1.82) is 0 Å². The van der Waals surface area contributed by atoms with Crippen LogP contribution in [0.15, 0.2) is 16.8 Å². The predicted molar refractivity (Wildman–Crippen MR) is 98.2 cm³/mol. The normalized spacial score (nSPS) is 16.5. The van der Waals surface area contributed by atoms with Gasteiger partial charge in [0.05, 0.1) is 12.0 Å². The first kappa shape index (κ1) is 18.6. The van der Waals surface area contributed by atoms with Crippen LogP contribution in [0, 0.1) is 6.92 Å². The number of nitrogens with zero attached hydrogens (tertiary/aromatic N) is 2. The van der Waals surface area contributed by atoms with Crippen LogP contribution < -0.4 is 0 Å². The highest BCUT2D eigenvalue weighted by atomic mass is 32.2. The molecule has 7 nitrogen and oxygen atoms in total. The van der Waals surface area contributed by atoms with E-state index in [0.717, 1.165) is 35.6 Å². The van der Waals surface area contributed by atoms with Crippen LogP contribution in [0.4, 0.5) is 0 Å². The van der Waals surface area contributed by atoms with Gasteiger partial charge in [0.1, 0.15) is 5.76 Å². The molecule has 2 N–H and O–H groups in total. The Hall–Kier alpha value is -2.22. The Morgan fingerprint density at radius 2 is 2.31 bits per heavy atom. The Labute approximate surface area is 156 Å². The third-order valence-electron chi connectivity index (χ3n) is 4.55. The van der Waals surface area contributed by atoms with Crippen molar-refractivity contribution in [3.8, 4) is 0 Å². The molecule has 1 unspecified atom stereocenters. The molecule has 1 atom stereocenters. The SMILES string of the molecule is CCCCSCc1cc(C(=O)N2CCc3[nH]cnc3C2C(=O)O)oc1C. The van der Waals surface area contributed by atoms with Gasteiger partial charge in [0, 0.05) is 30.0 Å². The molecule has 0 radical (unpaired) electrons. The van der Waals surface area contributed by atoms with E-state index in [0.29, 0.717) is 24.4 Å². The zero-order valence-corrected chi connectivity index (χ0v) is 15.8. The molecule has 0 bridgehead atoms. The van der Waals surface area contributed by atoms with E-state index in [4.69, 9.17) is 4.42 Å². The maximum Gasteiger partial charge on any atom is 0.332 e. The monoisotopic (exact) mass is 377 g/mol. The van der Waals surface area contributed by atoms with Gasteiger partial charge in [-0.15, -0.1) is 0 Å². The van der Waals surface area contributed by atoms with Gasteiger partial charge in [-0.05, 0) is 25.2 Å². The number of carbonyl (C=O) groups excluding carboxylic acids is 1. The summed E-state index contributed by atoms with van der Waals surface area (Å²) in [6, 6.07) is 0.653. The lowest BCUT2D eigenvalue weighted by atomic mass is 10.0. The van der Waals surface area contributed by atoms with E-state index >= 15 is 0 Å². The lowest BCUT2D eigenvalue weighted by Gasteiger charge is -2.31. The summed E-state index contributed by atoms with van der Waals surface area (Å²) in [6.45, 7) is 4.30. The number of nitrogens with one attached hydrogen (secondary N) is 1. The number of rotatable bonds is 7. The van der Waals surface area contributed by atoms with Crippen LogP contribution in [-0.2, 0) is 17.0 Å².